The summed E-state index contributed by atoms with van der Waals surface area (Å²) in [6, 6.07) is 9.83. The maximum Gasteiger partial charge on any atom is 0.140 e. The number of anilines is 3. The Labute approximate surface area is 163 Å². The maximum atomic E-state index is 7.58. The zero-order valence-corrected chi connectivity index (χ0v) is 16.2. The third kappa shape index (κ3) is 3.40. The third-order valence-corrected chi connectivity index (χ3v) is 4.79. The number of hydrogen-bond acceptors (Lipinski definition) is 7. The number of ether oxygens (including phenoxy) is 1. The Morgan fingerprint density at radius 2 is 2.04 bits per heavy atom. The van der Waals surface area contributed by atoms with Gasteiger partial charge in [0.1, 0.15) is 28.9 Å². The highest BCUT2D eigenvalue weighted by Gasteiger charge is 2.25. The first-order valence-corrected chi connectivity index (χ1v) is 9.18. The van der Waals surface area contributed by atoms with Gasteiger partial charge in [-0.25, -0.2) is 4.98 Å². The van der Waals surface area contributed by atoms with Crippen LogP contribution in [0.4, 0.5) is 17.5 Å². The molecule has 0 unspecified atom stereocenters. The second kappa shape index (κ2) is 7.30. The van der Waals surface area contributed by atoms with Crippen LogP contribution in [0, 0.1) is 5.41 Å². The highest BCUT2D eigenvalue weighted by Crippen LogP contribution is 2.39. The molecule has 0 atom stereocenters. The normalized spacial score (nSPS) is 13.2. The summed E-state index contributed by atoms with van der Waals surface area (Å²) in [6.07, 6.45) is 3.67. The maximum absolute atomic E-state index is 7.58. The summed E-state index contributed by atoms with van der Waals surface area (Å²) in [6.45, 7) is 0. The van der Waals surface area contributed by atoms with Crippen molar-refractivity contribution in [2.45, 2.75) is 18.8 Å². The first kappa shape index (κ1) is 18.0. The zero-order valence-electron chi connectivity index (χ0n) is 16.2. The number of aromatic nitrogens is 4. The van der Waals surface area contributed by atoms with Crippen molar-refractivity contribution in [1.82, 2.24) is 19.7 Å². The number of rotatable bonds is 7. The quantitative estimate of drug-likeness (QED) is 0.545. The van der Waals surface area contributed by atoms with Crippen molar-refractivity contribution < 1.29 is 4.74 Å². The van der Waals surface area contributed by atoms with Gasteiger partial charge in [-0.2, -0.15) is 5.10 Å². The van der Waals surface area contributed by atoms with Crippen molar-refractivity contribution in [1.29, 1.82) is 5.41 Å². The summed E-state index contributed by atoms with van der Waals surface area (Å²) in [4.78, 5) is 9.29. The molecule has 144 valence electrons. The van der Waals surface area contributed by atoms with Gasteiger partial charge in [0.25, 0.3) is 0 Å². The van der Waals surface area contributed by atoms with Gasteiger partial charge < -0.3 is 20.8 Å². The van der Waals surface area contributed by atoms with Crippen LogP contribution < -0.4 is 15.4 Å². The largest absolute Gasteiger partial charge is 0.496 e. The molecule has 8 nitrogen and oxygen atoms in total. The molecule has 1 aliphatic carbocycles. The molecule has 28 heavy (non-hydrogen) atoms. The number of nitrogens with zero attached hydrogens (tertiary/aromatic N) is 4. The number of nitrogens with one attached hydrogen (secondary N) is 3. The van der Waals surface area contributed by atoms with Crippen molar-refractivity contribution in [2.24, 2.45) is 7.05 Å². The SMILES string of the molecule is CNc1nc(Nc2cc(-c3cccc(C4CC4)n3)nn2C)cc(OC)c1C=N. The molecule has 3 N–H and O–H groups in total. The highest BCUT2D eigenvalue weighted by atomic mass is 16.5. The average molecular weight is 377 g/mol. The lowest BCUT2D eigenvalue weighted by molar-refractivity contribution is 0.414. The lowest BCUT2D eigenvalue weighted by Crippen LogP contribution is -2.06. The van der Waals surface area contributed by atoms with Gasteiger partial charge in [-0.1, -0.05) is 6.07 Å². The van der Waals surface area contributed by atoms with E-state index in [4.69, 9.17) is 15.1 Å². The van der Waals surface area contributed by atoms with Crippen LogP contribution in [0.15, 0.2) is 30.3 Å². The van der Waals surface area contributed by atoms with Crippen molar-refractivity contribution in [3.05, 3.63) is 41.6 Å². The Morgan fingerprint density at radius 1 is 1.21 bits per heavy atom. The Morgan fingerprint density at radius 3 is 2.71 bits per heavy atom. The molecule has 0 amide bonds. The van der Waals surface area contributed by atoms with Gasteiger partial charge in [-0.15, -0.1) is 0 Å². The van der Waals surface area contributed by atoms with Gasteiger partial charge in [0.15, 0.2) is 0 Å². The lowest BCUT2D eigenvalue weighted by Gasteiger charge is -2.13. The van der Waals surface area contributed by atoms with E-state index in [-0.39, 0.29) is 0 Å². The van der Waals surface area contributed by atoms with Gasteiger partial charge in [0, 0.05) is 44.1 Å². The first-order chi connectivity index (χ1) is 13.6. The van der Waals surface area contributed by atoms with Gasteiger partial charge >= 0.3 is 0 Å². The molecule has 8 heteroatoms. The lowest BCUT2D eigenvalue weighted by atomic mass is 10.2. The monoisotopic (exact) mass is 377 g/mol. The van der Waals surface area contributed by atoms with Gasteiger partial charge in [-0.3, -0.25) is 9.67 Å². The van der Waals surface area contributed by atoms with Gasteiger partial charge in [-0.05, 0) is 25.0 Å². The molecule has 0 aliphatic heterocycles. The number of methoxy groups -OCH3 is 1. The fourth-order valence-corrected chi connectivity index (χ4v) is 3.14. The van der Waals surface area contributed by atoms with Crippen LogP contribution in [0.5, 0.6) is 5.75 Å². The molecule has 0 aromatic carbocycles. The van der Waals surface area contributed by atoms with E-state index in [0.717, 1.165) is 22.9 Å². The van der Waals surface area contributed by atoms with Crippen LogP contribution in [0.2, 0.25) is 0 Å². The van der Waals surface area contributed by atoms with Crippen LogP contribution in [-0.4, -0.2) is 40.1 Å². The molecule has 0 radical (unpaired) electrons. The zero-order chi connectivity index (χ0) is 19.7. The van der Waals surface area contributed by atoms with Crippen molar-refractivity contribution in [3.8, 4) is 17.1 Å². The second-order valence-corrected chi connectivity index (χ2v) is 6.75. The fraction of sp³-hybridized carbons (Fsp3) is 0.300. The van der Waals surface area contributed by atoms with E-state index < -0.39 is 0 Å². The summed E-state index contributed by atoms with van der Waals surface area (Å²) in [5.41, 5.74) is 3.42. The van der Waals surface area contributed by atoms with Crippen LogP contribution in [0.3, 0.4) is 0 Å². The van der Waals surface area contributed by atoms with E-state index in [1.165, 1.54) is 19.1 Å². The van der Waals surface area contributed by atoms with E-state index in [9.17, 15) is 0 Å². The molecule has 1 aliphatic rings. The molecular formula is C20H23N7O. The van der Waals surface area contributed by atoms with E-state index in [0.29, 0.717) is 28.9 Å². The predicted molar refractivity (Wildman–Crippen MR) is 110 cm³/mol. The summed E-state index contributed by atoms with van der Waals surface area (Å²) < 4.78 is 7.16. The fourth-order valence-electron chi connectivity index (χ4n) is 3.14. The second-order valence-electron chi connectivity index (χ2n) is 6.75. The summed E-state index contributed by atoms with van der Waals surface area (Å²) in [5.74, 6) is 3.12. The number of pyridine rings is 2. The summed E-state index contributed by atoms with van der Waals surface area (Å²) in [7, 11) is 5.21. The average Bonchev–Trinajstić information content (AvgIpc) is 3.51. The minimum absolute atomic E-state index is 0.568. The van der Waals surface area contributed by atoms with Crippen LogP contribution in [0.25, 0.3) is 11.4 Å². The molecular weight excluding hydrogens is 354 g/mol. The van der Waals surface area contributed by atoms with Crippen molar-refractivity contribution in [3.63, 3.8) is 0 Å². The van der Waals surface area contributed by atoms with Crippen LogP contribution in [0.1, 0.15) is 30.0 Å². The van der Waals surface area contributed by atoms with E-state index in [2.05, 4.69) is 26.8 Å². The smallest absolute Gasteiger partial charge is 0.140 e. The standard InChI is InChI=1S/C20H23N7O/c1-22-20-13(11-21)17(28-3)10-18(25-20)24-19-9-16(26-27(19)2)15-6-4-5-14(23-15)12-7-8-12/h4-6,9-12,21H,7-8H2,1-3H3,(H2,22,24,25). The molecule has 3 aromatic rings. The molecule has 0 spiro atoms. The van der Waals surface area contributed by atoms with Crippen molar-refractivity contribution >= 4 is 23.7 Å². The molecule has 1 saturated carbocycles. The Balaban J connectivity index is 1.64. The first-order valence-electron chi connectivity index (χ1n) is 9.18. The van der Waals surface area contributed by atoms with Crippen LogP contribution in [-0.2, 0) is 7.05 Å². The molecule has 0 bridgehead atoms. The number of hydrogen-bond donors (Lipinski definition) is 3. The van der Waals surface area contributed by atoms with Gasteiger partial charge in [0.2, 0.25) is 0 Å². The minimum atomic E-state index is 0.568. The Bertz CT molecular complexity index is 998. The third-order valence-electron chi connectivity index (χ3n) is 4.79. The molecule has 3 heterocycles. The molecule has 1 fully saturated rings. The Hall–Kier alpha value is -3.42. The minimum Gasteiger partial charge on any atom is -0.496 e. The van der Waals surface area contributed by atoms with Crippen LogP contribution >= 0.6 is 0 Å². The van der Waals surface area contributed by atoms with E-state index >= 15 is 0 Å². The molecule has 4 rings (SSSR count). The topological polar surface area (TPSA) is 101 Å². The van der Waals surface area contributed by atoms with E-state index in [1.807, 2.05) is 25.2 Å². The summed E-state index contributed by atoms with van der Waals surface area (Å²) in [5, 5.41) is 18.5. The van der Waals surface area contributed by atoms with Gasteiger partial charge in [0.05, 0.1) is 18.4 Å². The Kier molecular flexibility index (Phi) is 4.68. The predicted octanol–water partition coefficient (Wildman–Crippen LogP) is 3.55. The number of aryl methyl sites for hydroxylation is 1. The highest BCUT2D eigenvalue weighted by molar-refractivity contribution is 5.89. The summed E-state index contributed by atoms with van der Waals surface area (Å²) >= 11 is 0. The van der Waals surface area contributed by atoms with E-state index in [1.54, 1.807) is 24.9 Å². The molecule has 0 saturated heterocycles. The van der Waals surface area contributed by atoms with Crippen molar-refractivity contribution in [2.75, 3.05) is 24.8 Å². The molecule has 3 aromatic heterocycles.